The lowest BCUT2D eigenvalue weighted by Crippen LogP contribution is -2.41. The molecule has 2 amide bonds. The van der Waals surface area contributed by atoms with Crippen LogP contribution in [0.5, 0.6) is 0 Å². The molecule has 2 N–H and O–H groups in total. The Balaban J connectivity index is 1.57. The Morgan fingerprint density at radius 3 is 2.68 bits per heavy atom. The summed E-state index contributed by atoms with van der Waals surface area (Å²) in [6.45, 7) is 3.74. The summed E-state index contributed by atoms with van der Waals surface area (Å²) in [6.07, 6.45) is 7.88. The third-order valence-electron chi connectivity index (χ3n) is 4.78. The lowest BCUT2D eigenvalue weighted by molar-refractivity contribution is -0.146. The van der Waals surface area contributed by atoms with E-state index in [0.717, 1.165) is 19.3 Å². The van der Waals surface area contributed by atoms with Crippen LogP contribution in [-0.4, -0.2) is 54.4 Å². The van der Waals surface area contributed by atoms with E-state index in [1.165, 1.54) is 19.3 Å². The molecular formula is C16H28N2O4. The number of urea groups is 1. The van der Waals surface area contributed by atoms with E-state index in [1.807, 2.05) is 0 Å². The molecule has 1 aliphatic carbocycles. The van der Waals surface area contributed by atoms with Crippen molar-refractivity contribution in [3.8, 4) is 0 Å². The molecule has 0 radical (unpaired) electrons. The van der Waals surface area contributed by atoms with Crippen LogP contribution in [0.4, 0.5) is 4.79 Å². The van der Waals surface area contributed by atoms with Gasteiger partial charge in [-0.15, -0.1) is 0 Å². The molecule has 6 nitrogen and oxygen atoms in total. The third kappa shape index (κ3) is 4.60. The molecule has 2 aliphatic rings. The largest absolute Gasteiger partial charge is 0.481 e. The van der Waals surface area contributed by atoms with E-state index in [2.05, 4.69) is 5.32 Å². The Morgan fingerprint density at radius 1 is 1.32 bits per heavy atom. The van der Waals surface area contributed by atoms with Gasteiger partial charge in [-0.05, 0) is 32.6 Å². The summed E-state index contributed by atoms with van der Waals surface area (Å²) in [5.41, 5.74) is -0.804. The van der Waals surface area contributed by atoms with Gasteiger partial charge in [0.1, 0.15) is 0 Å². The van der Waals surface area contributed by atoms with Gasteiger partial charge < -0.3 is 20.1 Å². The van der Waals surface area contributed by atoms with Crippen molar-refractivity contribution in [3.63, 3.8) is 0 Å². The number of carbonyl (C=O) groups excluding carboxylic acids is 1. The first-order valence-electron chi connectivity index (χ1n) is 8.39. The van der Waals surface area contributed by atoms with E-state index < -0.39 is 11.4 Å². The average Bonchev–Trinajstić information content (AvgIpc) is 2.92. The summed E-state index contributed by atoms with van der Waals surface area (Å²) >= 11 is 0. The lowest BCUT2D eigenvalue weighted by Gasteiger charge is -2.22. The van der Waals surface area contributed by atoms with Crippen LogP contribution in [-0.2, 0) is 9.53 Å². The fraction of sp³-hybridized carbons (Fsp3) is 0.875. The summed E-state index contributed by atoms with van der Waals surface area (Å²) < 4.78 is 5.81. The highest BCUT2D eigenvalue weighted by Crippen LogP contribution is 2.29. The van der Waals surface area contributed by atoms with Crippen LogP contribution in [0.1, 0.15) is 51.9 Å². The minimum Gasteiger partial charge on any atom is -0.481 e. The van der Waals surface area contributed by atoms with E-state index in [4.69, 9.17) is 9.84 Å². The Labute approximate surface area is 132 Å². The second-order valence-corrected chi connectivity index (χ2v) is 6.75. The fourth-order valence-corrected chi connectivity index (χ4v) is 3.17. The molecule has 0 aromatic rings. The molecule has 1 heterocycles. The smallest absolute Gasteiger partial charge is 0.317 e. The lowest BCUT2D eigenvalue weighted by atomic mass is 9.90. The minimum atomic E-state index is -0.830. The SMILES string of the molecule is CC1(C(=O)O)CCN(C(=O)NCCCOC2CCCCC2)C1. The molecule has 1 atom stereocenters. The highest BCUT2D eigenvalue weighted by Gasteiger charge is 2.42. The standard InChI is InChI=1S/C16H28N2O4/c1-16(14(19)20)8-10-18(12-16)15(21)17-9-5-11-22-13-6-3-2-4-7-13/h13H,2-12H2,1H3,(H,17,21)(H,19,20). The predicted molar refractivity (Wildman–Crippen MR) is 82.8 cm³/mol. The van der Waals surface area contributed by atoms with Gasteiger partial charge in [0, 0.05) is 26.2 Å². The second-order valence-electron chi connectivity index (χ2n) is 6.75. The number of rotatable bonds is 6. The van der Waals surface area contributed by atoms with Crippen molar-refractivity contribution in [2.24, 2.45) is 5.41 Å². The summed E-state index contributed by atoms with van der Waals surface area (Å²) in [5, 5.41) is 12.0. The molecule has 0 bridgehead atoms. The van der Waals surface area contributed by atoms with Gasteiger partial charge in [0.05, 0.1) is 11.5 Å². The number of nitrogens with zero attached hydrogens (tertiary/aromatic N) is 1. The van der Waals surface area contributed by atoms with Gasteiger partial charge in [-0.3, -0.25) is 4.79 Å². The number of carboxylic acid groups (broad SMARTS) is 1. The van der Waals surface area contributed by atoms with Gasteiger partial charge in [-0.25, -0.2) is 4.79 Å². The molecule has 1 saturated heterocycles. The van der Waals surface area contributed by atoms with Gasteiger partial charge in [0.15, 0.2) is 0 Å². The fourth-order valence-electron chi connectivity index (χ4n) is 3.17. The Kier molecular flexibility index (Phi) is 6.06. The molecule has 6 heteroatoms. The highest BCUT2D eigenvalue weighted by molar-refractivity contribution is 5.79. The van der Waals surface area contributed by atoms with Crippen molar-refractivity contribution < 1.29 is 19.4 Å². The van der Waals surface area contributed by atoms with Gasteiger partial charge >= 0.3 is 12.0 Å². The number of carboxylic acids is 1. The first-order chi connectivity index (χ1) is 10.5. The van der Waals surface area contributed by atoms with Crippen molar-refractivity contribution in [1.82, 2.24) is 10.2 Å². The molecule has 1 saturated carbocycles. The van der Waals surface area contributed by atoms with Crippen molar-refractivity contribution in [3.05, 3.63) is 0 Å². The molecule has 2 rings (SSSR count). The maximum absolute atomic E-state index is 12.0. The summed E-state index contributed by atoms with van der Waals surface area (Å²) in [5.74, 6) is -0.830. The molecule has 0 aromatic carbocycles. The van der Waals surface area contributed by atoms with Gasteiger partial charge in [-0.1, -0.05) is 19.3 Å². The predicted octanol–water partition coefficient (Wildman–Crippen LogP) is 2.23. The van der Waals surface area contributed by atoms with Crippen molar-refractivity contribution in [1.29, 1.82) is 0 Å². The normalized spacial score (nSPS) is 26.1. The molecule has 1 aliphatic heterocycles. The topological polar surface area (TPSA) is 78.9 Å². The number of carbonyl (C=O) groups is 2. The number of hydrogen-bond acceptors (Lipinski definition) is 3. The number of likely N-dealkylation sites (tertiary alicyclic amines) is 1. The third-order valence-corrected chi connectivity index (χ3v) is 4.78. The van der Waals surface area contributed by atoms with Crippen LogP contribution >= 0.6 is 0 Å². The van der Waals surface area contributed by atoms with Crippen molar-refractivity contribution >= 4 is 12.0 Å². The Hall–Kier alpha value is -1.30. The molecule has 2 fully saturated rings. The number of aliphatic carboxylic acids is 1. The molecule has 0 spiro atoms. The molecule has 1 unspecified atom stereocenters. The van der Waals surface area contributed by atoms with Crippen LogP contribution in [0.15, 0.2) is 0 Å². The minimum absolute atomic E-state index is 0.164. The molecule has 22 heavy (non-hydrogen) atoms. The first-order valence-corrected chi connectivity index (χ1v) is 8.39. The summed E-state index contributed by atoms with van der Waals surface area (Å²) in [6, 6.07) is -0.164. The van der Waals surface area contributed by atoms with E-state index in [0.29, 0.717) is 32.2 Å². The zero-order valence-electron chi connectivity index (χ0n) is 13.5. The Bertz CT molecular complexity index is 396. The van der Waals surface area contributed by atoms with Crippen molar-refractivity contribution in [2.45, 2.75) is 58.0 Å². The van der Waals surface area contributed by atoms with E-state index in [-0.39, 0.29) is 12.6 Å². The number of ether oxygens (including phenoxy) is 1. The zero-order chi connectivity index (χ0) is 16.0. The second kappa shape index (κ2) is 7.81. The van der Waals surface area contributed by atoms with Crippen molar-refractivity contribution in [2.75, 3.05) is 26.2 Å². The number of nitrogens with one attached hydrogen (secondary N) is 1. The van der Waals surface area contributed by atoms with Crippen LogP contribution in [0.2, 0.25) is 0 Å². The molecular weight excluding hydrogens is 284 g/mol. The van der Waals surface area contributed by atoms with Crippen LogP contribution in [0.3, 0.4) is 0 Å². The first kappa shape index (κ1) is 17.1. The van der Waals surface area contributed by atoms with E-state index in [1.54, 1.807) is 11.8 Å². The maximum Gasteiger partial charge on any atom is 0.317 e. The van der Waals surface area contributed by atoms with Crippen LogP contribution in [0, 0.1) is 5.41 Å². The number of hydrogen-bond donors (Lipinski definition) is 2. The maximum atomic E-state index is 12.0. The average molecular weight is 312 g/mol. The summed E-state index contributed by atoms with van der Waals surface area (Å²) in [7, 11) is 0. The zero-order valence-corrected chi connectivity index (χ0v) is 13.5. The van der Waals surface area contributed by atoms with E-state index >= 15 is 0 Å². The molecule has 126 valence electrons. The highest BCUT2D eigenvalue weighted by atomic mass is 16.5. The monoisotopic (exact) mass is 312 g/mol. The van der Waals surface area contributed by atoms with Gasteiger partial charge in [0.2, 0.25) is 0 Å². The van der Waals surface area contributed by atoms with Crippen LogP contribution < -0.4 is 5.32 Å². The van der Waals surface area contributed by atoms with Gasteiger partial charge in [-0.2, -0.15) is 0 Å². The Morgan fingerprint density at radius 2 is 2.05 bits per heavy atom. The molecule has 0 aromatic heterocycles. The number of amides is 2. The summed E-state index contributed by atoms with van der Waals surface area (Å²) in [4.78, 5) is 24.8. The van der Waals surface area contributed by atoms with Crippen LogP contribution in [0.25, 0.3) is 0 Å². The van der Waals surface area contributed by atoms with E-state index in [9.17, 15) is 9.59 Å². The quantitative estimate of drug-likeness (QED) is 0.737. The van der Waals surface area contributed by atoms with Gasteiger partial charge in [0.25, 0.3) is 0 Å².